The van der Waals surface area contributed by atoms with E-state index >= 15 is 0 Å². The van der Waals surface area contributed by atoms with Crippen molar-refractivity contribution in [2.24, 2.45) is 10.9 Å². The second kappa shape index (κ2) is 5.81. The first-order valence-electron chi connectivity index (χ1n) is 5.09. The van der Waals surface area contributed by atoms with E-state index in [1.165, 1.54) is 11.3 Å². The minimum absolute atomic E-state index is 0.0823. The molecule has 1 heterocycles. The SMILES string of the molecule is N/C(=N/O)c1ccc(Br)cc1NC(=O)c1cscn1. The number of carbonyl (C=O) groups excluding carboxylic acids is 1. The molecule has 6 nitrogen and oxygen atoms in total. The van der Waals surface area contributed by atoms with E-state index in [-0.39, 0.29) is 11.7 Å². The van der Waals surface area contributed by atoms with Crippen molar-refractivity contribution in [1.82, 2.24) is 4.98 Å². The zero-order valence-electron chi connectivity index (χ0n) is 9.50. The molecule has 1 amide bonds. The smallest absolute Gasteiger partial charge is 0.275 e. The van der Waals surface area contributed by atoms with Crippen molar-refractivity contribution in [3.63, 3.8) is 0 Å². The van der Waals surface area contributed by atoms with Gasteiger partial charge in [0.2, 0.25) is 0 Å². The summed E-state index contributed by atoms with van der Waals surface area (Å²) in [5.41, 5.74) is 8.30. The summed E-state index contributed by atoms with van der Waals surface area (Å²) in [6, 6.07) is 5.03. The highest BCUT2D eigenvalue weighted by molar-refractivity contribution is 9.10. The van der Waals surface area contributed by atoms with Gasteiger partial charge in [0.25, 0.3) is 5.91 Å². The van der Waals surface area contributed by atoms with Crippen molar-refractivity contribution in [3.8, 4) is 0 Å². The Balaban J connectivity index is 2.33. The van der Waals surface area contributed by atoms with Crippen molar-refractivity contribution in [2.45, 2.75) is 0 Å². The van der Waals surface area contributed by atoms with Crippen LogP contribution in [0.4, 0.5) is 5.69 Å². The summed E-state index contributed by atoms with van der Waals surface area (Å²) in [6.45, 7) is 0. The van der Waals surface area contributed by atoms with E-state index in [0.717, 1.165) is 4.47 Å². The van der Waals surface area contributed by atoms with Crippen LogP contribution in [0.5, 0.6) is 0 Å². The number of nitrogens with two attached hydrogens (primary N) is 1. The highest BCUT2D eigenvalue weighted by Crippen LogP contribution is 2.22. The molecule has 0 aliphatic rings. The molecule has 2 aromatic rings. The molecule has 0 aliphatic heterocycles. The molecule has 0 bridgehead atoms. The van der Waals surface area contributed by atoms with Crippen LogP contribution in [0.3, 0.4) is 0 Å². The Morgan fingerprint density at radius 2 is 2.32 bits per heavy atom. The van der Waals surface area contributed by atoms with E-state index in [0.29, 0.717) is 16.9 Å². The minimum Gasteiger partial charge on any atom is -0.409 e. The number of benzene rings is 1. The van der Waals surface area contributed by atoms with Gasteiger partial charge >= 0.3 is 0 Å². The van der Waals surface area contributed by atoms with E-state index < -0.39 is 0 Å². The largest absolute Gasteiger partial charge is 0.409 e. The number of rotatable bonds is 3. The molecule has 0 unspecified atom stereocenters. The van der Waals surface area contributed by atoms with E-state index in [1.807, 2.05) is 0 Å². The number of amidine groups is 1. The number of hydrogen-bond acceptors (Lipinski definition) is 5. The molecule has 8 heteroatoms. The van der Waals surface area contributed by atoms with Crippen LogP contribution in [0.2, 0.25) is 0 Å². The predicted octanol–water partition coefficient (Wildman–Crippen LogP) is 2.25. The Morgan fingerprint density at radius 1 is 1.53 bits per heavy atom. The van der Waals surface area contributed by atoms with Gasteiger partial charge in [-0.3, -0.25) is 4.79 Å². The highest BCUT2D eigenvalue weighted by atomic mass is 79.9. The zero-order valence-corrected chi connectivity index (χ0v) is 11.9. The van der Waals surface area contributed by atoms with Gasteiger partial charge in [-0.15, -0.1) is 11.3 Å². The van der Waals surface area contributed by atoms with Crippen molar-refractivity contribution in [3.05, 3.63) is 44.8 Å². The summed E-state index contributed by atoms with van der Waals surface area (Å²) < 4.78 is 0.760. The van der Waals surface area contributed by atoms with Gasteiger partial charge in [0, 0.05) is 15.4 Å². The van der Waals surface area contributed by atoms with E-state index in [2.05, 4.69) is 31.4 Å². The van der Waals surface area contributed by atoms with Crippen molar-refractivity contribution >= 4 is 44.7 Å². The Kier molecular flexibility index (Phi) is 4.13. The van der Waals surface area contributed by atoms with Crippen LogP contribution in [-0.4, -0.2) is 21.9 Å². The number of amides is 1. The predicted molar refractivity (Wildman–Crippen MR) is 76.7 cm³/mol. The fraction of sp³-hybridized carbons (Fsp3) is 0. The van der Waals surface area contributed by atoms with Gasteiger partial charge in [0.15, 0.2) is 5.84 Å². The average Bonchev–Trinajstić information content (AvgIpc) is 2.92. The fourth-order valence-corrected chi connectivity index (χ4v) is 2.30. The molecule has 98 valence electrons. The molecule has 0 radical (unpaired) electrons. The number of halogens is 1. The van der Waals surface area contributed by atoms with Gasteiger partial charge in [-0.2, -0.15) is 0 Å². The summed E-state index contributed by atoms with van der Waals surface area (Å²) in [6.07, 6.45) is 0. The lowest BCUT2D eigenvalue weighted by atomic mass is 10.1. The van der Waals surface area contributed by atoms with Gasteiger partial charge in [-0.25, -0.2) is 4.98 Å². The summed E-state index contributed by atoms with van der Waals surface area (Å²) in [7, 11) is 0. The average molecular weight is 341 g/mol. The van der Waals surface area contributed by atoms with Crippen LogP contribution in [0.15, 0.2) is 38.7 Å². The highest BCUT2D eigenvalue weighted by Gasteiger charge is 2.13. The molecular formula is C11H9BrN4O2S. The summed E-state index contributed by atoms with van der Waals surface area (Å²) in [4.78, 5) is 15.8. The zero-order chi connectivity index (χ0) is 13.8. The Bertz CT molecular complexity index is 628. The summed E-state index contributed by atoms with van der Waals surface area (Å²) >= 11 is 4.62. The quantitative estimate of drug-likeness (QED) is 0.345. The van der Waals surface area contributed by atoms with Crippen molar-refractivity contribution in [2.75, 3.05) is 5.32 Å². The lowest BCUT2D eigenvalue weighted by molar-refractivity contribution is 0.102. The second-order valence-electron chi connectivity index (χ2n) is 3.50. The van der Waals surface area contributed by atoms with E-state index in [9.17, 15) is 4.79 Å². The molecule has 1 aromatic carbocycles. The van der Waals surface area contributed by atoms with Crippen LogP contribution in [0.25, 0.3) is 0 Å². The van der Waals surface area contributed by atoms with Gasteiger partial charge in [0.05, 0.1) is 11.2 Å². The first kappa shape index (κ1) is 13.5. The maximum atomic E-state index is 11.9. The molecule has 2 rings (SSSR count). The van der Waals surface area contributed by atoms with Crippen molar-refractivity contribution < 1.29 is 10.0 Å². The number of anilines is 1. The number of hydrogen-bond donors (Lipinski definition) is 3. The maximum Gasteiger partial charge on any atom is 0.275 e. The van der Waals surface area contributed by atoms with Gasteiger partial charge in [-0.1, -0.05) is 21.1 Å². The minimum atomic E-state index is -0.355. The van der Waals surface area contributed by atoms with Crippen LogP contribution < -0.4 is 11.1 Å². The Labute approximate surface area is 121 Å². The lowest BCUT2D eigenvalue weighted by Crippen LogP contribution is -2.19. The normalized spacial score (nSPS) is 11.3. The molecule has 0 aliphatic carbocycles. The molecule has 4 N–H and O–H groups in total. The van der Waals surface area contributed by atoms with Crippen LogP contribution in [-0.2, 0) is 0 Å². The second-order valence-corrected chi connectivity index (χ2v) is 5.14. The van der Waals surface area contributed by atoms with Crippen LogP contribution >= 0.6 is 27.3 Å². The Hall–Kier alpha value is -1.93. The molecule has 0 saturated carbocycles. The molecule has 0 saturated heterocycles. The number of carbonyl (C=O) groups is 1. The molecule has 19 heavy (non-hydrogen) atoms. The van der Waals surface area contributed by atoms with E-state index in [1.54, 1.807) is 29.1 Å². The monoisotopic (exact) mass is 340 g/mol. The number of aromatic nitrogens is 1. The standard InChI is InChI=1S/C11H9BrN4O2S/c12-6-1-2-7(10(13)16-18)8(3-6)15-11(17)9-4-19-5-14-9/h1-5,18H,(H2,13,16)(H,15,17). The number of oxime groups is 1. The molecule has 0 fully saturated rings. The molecular weight excluding hydrogens is 332 g/mol. The van der Waals surface area contributed by atoms with E-state index in [4.69, 9.17) is 10.9 Å². The van der Waals surface area contributed by atoms with Crippen LogP contribution in [0, 0.1) is 0 Å². The summed E-state index contributed by atoms with van der Waals surface area (Å²) in [5.74, 6) is -0.438. The fourth-order valence-electron chi connectivity index (χ4n) is 1.41. The van der Waals surface area contributed by atoms with Gasteiger partial charge in [0.1, 0.15) is 5.69 Å². The van der Waals surface area contributed by atoms with Crippen molar-refractivity contribution in [1.29, 1.82) is 0 Å². The molecule has 1 aromatic heterocycles. The van der Waals surface area contributed by atoms with Gasteiger partial charge in [-0.05, 0) is 18.2 Å². The number of thiazole rings is 1. The first-order valence-corrected chi connectivity index (χ1v) is 6.82. The maximum absolute atomic E-state index is 11.9. The number of nitrogens with zero attached hydrogens (tertiary/aromatic N) is 2. The molecule has 0 atom stereocenters. The third kappa shape index (κ3) is 3.09. The lowest BCUT2D eigenvalue weighted by Gasteiger charge is -2.09. The third-order valence-electron chi connectivity index (χ3n) is 2.28. The Morgan fingerprint density at radius 3 is 2.95 bits per heavy atom. The van der Waals surface area contributed by atoms with Crippen LogP contribution in [0.1, 0.15) is 16.1 Å². The summed E-state index contributed by atoms with van der Waals surface area (Å²) in [5, 5.41) is 16.0. The third-order valence-corrected chi connectivity index (χ3v) is 3.36. The topological polar surface area (TPSA) is 101 Å². The van der Waals surface area contributed by atoms with Gasteiger partial charge < -0.3 is 16.3 Å². The first-order chi connectivity index (χ1) is 9.11. The number of nitrogens with one attached hydrogen (secondary N) is 1. The molecule has 0 spiro atoms.